The summed E-state index contributed by atoms with van der Waals surface area (Å²) in [7, 11) is 1.28. The van der Waals surface area contributed by atoms with Crippen LogP contribution in [0.5, 0.6) is 0 Å². The zero-order chi connectivity index (χ0) is 14.4. The molecule has 1 aliphatic rings. The van der Waals surface area contributed by atoms with Gasteiger partial charge in [0.2, 0.25) is 0 Å². The normalized spacial score (nSPS) is 15.8. The Balaban J connectivity index is 1.83. The number of hydrogen-bond donors (Lipinski definition) is 1. The molecule has 0 unspecified atom stereocenters. The van der Waals surface area contributed by atoms with Crippen LogP contribution in [0.2, 0.25) is 0 Å². The van der Waals surface area contributed by atoms with E-state index in [0.717, 1.165) is 5.56 Å². The number of benzene rings is 1. The highest BCUT2D eigenvalue weighted by molar-refractivity contribution is 5.81. The third-order valence-electron chi connectivity index (χ3n) is 3.08. The van der Waals surface area contributed by atoms with Gasteiger partial charge in [-0.05, 0) is 5.56 Å². The number of carbonyl (C=O) groups excluding carboxylic acids is 2. The van der Waals surface area contributed by atoms with E-state index in [9.17, 15) is 9.59 Å². The number of rotatable bonds is 5. The van der Waals surface area contributed by atoms with E-state index in [1.54, 1.807) is 0 Å². The van der Waals surface area contributed by atoms with Crippen molar-refractivity contribution in [2.45, 2.75) is 12.6 Å². The van der Waals surface area contributed by atoms with E-state index in [0.29, 0.717) is 13.2 Å². The lowest BCUT2D eigenvalue weighted by Crippen LogP contribution is -2.53. The molecule has 6 nitrogen and oxygen atoms in total. The summed E-state index contributed by atoms with van der Waals surface area (Å²) in [6, 6.07) is 8.58. The molecule has 0 aromatic heterocycles. The third kappa shape index (κ3) is 3.71. The fourth-order valence-electron chi connectivity index (χ4n) is 1.83. The molecule has 1 saturated heterocycles. The molecule has 1 N–H and O–H groups in total. The zero-order valence-corrected chi connectivity index (χ0v) is 11.2. The van der Waals surface area contributed by atoms with Crippen LogP contribution in [0.25, 0.3) is 0 Å². The van der Waals surface area contributed by atoms with Crippen molar-refractivity contribution in [3.05, 3.63) is 35.9 Å². The number of carbonyl (C=O) groups is 2. The molecule has 20 heavy (non-hydrogen) atoms. The van der Waals surface area contributed by atoms with Gasteiger partial charge in [0.1, 0.15) is 12.6 Å². The van der Waals surface area contributed by atoms with Gasteiger partial charge in [-0.2, -0.15) is 0 Å². The number of nitrogens with one attached hydrogen (secondary N) is 1. The van der Waals surface area contributed by atoms with Gasteiger partial charge in [0, 0.05) is 5.92 Å². The monoisotopic (exact) mass is 279 g/mol. The highest BCUT2D eigenvalue weighted by Gasteiger charge is 2.36. The van der Waals surface area contributed by atoms with E-state index < -0.39 is 18.1 Å². The molecule has 6 heteroatoms. The summed E-state index contributed by atoms with van der Waals surface area (Å²) in [6.45, 7) is 1.01. The minimum absolute atomic E-state index is 0.0632. The molecule has 0 saturated carbocycles. The second kappa shape index (κ2) is 6.91. The van der Waals surface area contributed by atoms with E-state index in [2.05, 4.69) is 10.1 Å². The minimum atomic E-state index is -0.725. The van der Waals surface area contributed by atoms with Crippen molar-refractivity contribution in [2.75, 3.05) is 20.3 Å². The van der Waals surface area contributed by atoms with E-state index in [1.807, 2.05) is 30.3 Å². The Morgan fingerprint density at radius 3 is 2.60 bits per heavy atom. The molecular formula is C14H17NO5. The summed E-state index contributed by atoms with van der Waals surface area (Å²) in [4.78, 5) is 23.3. The first-order chi connectivity index (χ1) is 9.70. The number of alkyl carbamates (subject to hydrolysis) is 1. The summed E-state index contributed by atoms with van der Waals surface area (Å²) in [5.41, 5.74) is 0.879. The van der Waals surface area contributed by atoms with Gasteiger partial charge in [-0.15, -0.1) is 0 Å². The van der Waals surface area contributed by atoms with Crippen molar-refractivity contribution < 1.29 is 23.8 Å². The predicted molar refractivity (Wildman–Crippen MR) is 69.9 cm³/mol. The number of amides is 1. The van der Waals surface area contributed by atoms with Crippen LogP contribution in [-0.2, 0) is 25.6 Å². The van der Waals surface area contributed by atoms with Gasteiger partial charge >= 0.3 is 12.1 Å². The van der Waals surface area contributed by atoms with Crippen molar-refractivity contribution in [2.24, 2.45) is 5.92 Å². The molecule has 1 aromatic carbocycles. The Bertz CT molecular complexity index is 458. The Kier molecular flexibility index (Phi) is 4.95. The van der Waals surface area contributed by atoms with Gasteiger partial charge in [-0.3, -0.25) is 0 Å². The first kappa shape index (κ1) is 14.3. The van der Waals surface area contributed by atoms with Gasteiger partial charge in [0.15, 0.2) is 0 Å². The van der Waals surface area contributed by atoms with Crippen molar-refractivity contribution in [1.29, 1.82) is 0 Å². The Labute approximate surface area is 117 Å². The number of esters is 1. The maximum Gasteiger partial charge on any atom is 0.408 e. The molecule has 1 heterocycles. The molecule has 0 aliphatic carbocycles. The smallest absolute Gasteiger partial charge is 0.408 e. The van der Waals surface area contributed by atoms with Gasteiger partial charge < -0.3 is 19.5 Å². The second-order valence-electron chi connectivity index (χ2n) is 4.50. The van der Waals surface area contributed by atoms with Crippen LogP contribution in [0.3, 0.4) is 0 Å². The summed E-state index contributed by atoms with van der Waals surface area (Å²) < 4.78 is 14.8. The molecule has 0 radical (unpaired) electrons. The Morgan fingerprint density at radius 2 is 2.05 bits per heavy atom. The van der Waals surface area contributed by atoms with Gasteiger partial charge in [0.25, 0.3) is 0 Å². The SMILES string of the molecule is COC(=O)[C@H](NC(=O)OCc1ccccc1)C1COC1. The molecule has 2 rings (SSSR count). The summed E-state index contributed by atoms with van der Waals surface area (Å²) in [5, 5.41) is 2.52. The highest BCUT2D eigenvalue weighted by atomic mass is 16.6. The van der Waals surface area contributed by atoms with E-state index in [1.165, 1.54) is 7.11 Å². The van der Waals surface area contributed by atoms with Gasteiger partial charge in [-0.1, -0.05) is 30.3 Å². The summed E-state index contributed by atoms with van der Waals surface area (Å²) in [6.07, 6.45) is -0.642. The van der Waals surface area contributed by atoms with Crippen LogP contribution >= 0.6 is 0 Å². The van der Waals surface area contributed by atoms with Crippen LogP contribution in [-0.4, -0.2) is 38.4 Å². The van der Waals surface area contributed by atoms with Gasteiger partial charge in [0.05, 0.1) is 20.3 Å². The Hall–Kier alpha value is -2.08. The lowest BCUT2D eigenvalue weighted by atomic mass is 9.98. The summed E-state index contributed by atoms with van der Waals surface area (Å²) in [5.74, 6) is -0.554. The fraction of sp³-hybridized carbons (Fsp3) is 0.429. The number of ether oxygens (including phenoxy) is 3. The van der Waals surface area contributed by atoms with Crippen molar-refractivity contribution in [3.8, 4) is 0 Å². The van der Waals surface area contributed by atoms with Crippen LogP contribution in [0.4, 0.5) is 4.79 Å². The van der Waals surface area contributed by atoms with Crippen LogP contribution in [0, 0.1) is 5.92 Å². The average molecular weight is 279 g/mol. The maximum atomic E-state index is 11.7. The van der Waals surface area contributed by atoms with Gasteiger partial charge in [-0.25, -0.2) is 9.59 Å². The van der Waals surface area contributed by atoms with E-state index in [4.69, 9.17) is 9.47 Å². The molecule has 1 amide bonds. The molecule has 1 aromatic rings. The maximum absolute atomic E-state index is 11.7. The Morgan fingerprint density at radius 1 is 1.35 bits per heavy atom. The van der Waals surface area contributed by atoms with Crippen molar-refractivity contribution in [3.63, 3.8) is 0 Å². The quantitative estimate of drug-likeness (QED) is 0.817. The molecule has 0 spiro atoms. The first-order valence-corrected chi connectivity index (χ1v) is 6.33. The van der Waals surface area contributed by atoms with E-state index in [-0.39, 0.29) is 12.5 Å². The van der Waals surface area contributed by atoms with Crippen molar-refractivity contribution >= 4 is 12.1 Å². The van der Waals surface area contributed by atoms with Crippen LogP contribution < -0.4 is 5.32 Å². The second-order valence-corrected chi connectivity index (χ2v) is 4.50. The minimum Gasteiger partial charge on any atom is -0.467 e. The largest absolute Gasteiger partial charge is 0.467 e. The standard InChI is InChI=1S/C14H17NO5/c1-18-13(16)12(11-8-19-9-11)15-14(17)20-7-10-5-3-2-4-6-10/h2-6,11-12H,7-9H2,1H3,(H,15,17)/t12-/m1/s1. The number of hydrogen-bond acceptors (Lipinski definition) is 5. The van der Waals surface area contributed by atoms with Crippen LogP contribution in [0.15, 0.2) is 30.3 Å². The lowest BCUT2D eigenvalue weighted by molar-refractivity contribution is -0.150. The topological polar surface area (TPSA) is 73.9 Å². The first-order valence-electron chi connectivity index (χ1n) is 6.33. The summed E-state index contributed by atoms with van der Waals surface area (Å²) >= 11 is 0. The lowest BCUT2D eigenvalue weighted by Gasteiger charge is -2.31. The van der Waals surface area contributed by atoms with E-state index >= 15 is 0 Å². The van der Waals surface area contributed by atoms with Crippen LogP contribution in [0.1, 0.15) is 5.56 Å². The molecule has 1 fully saturated rings. The third-order valence-corrected chi connectivity index (χ3v) is 3.08. The molecule has 108 valence electrons. The fourth-order valence-corrected chi connectivity index (χ4v) is 1.83. The predicted octanol–water partition coefficient (Wildman–Crippen LogP) is 1.10. The number of methoxy groups -OCH3 is 1. The molecule has 1 atom stereocenters. The zero-order valence-electron chi connectivity index (χ0n) is 11.2. The average Bonchev–Trinajstić information content (AvgIpc) is 2.43. The molecule has 0 bridgehead atoms. The molecule has 1 aliphatic heterocycles. The highest BCUT2D eigenvalue weighted by Crippen LogP contribution is 2.16. The van der Waals surface area contributed by atoms with Crippen molar-refractivity contribution in [1.82, 2.24) is 5.32 Å². The molecular weight excluding hydrogens is 262 g/mol.